The first-order chi connectivity index (χ1) is 9.19. The van der Waals surface area contributed by atoms with Gasteiger partial charge < -0.3 is 9.30 Å². The number of carbonyl (C=O) groups excluding carboxylic acids is 2. The Hall–Kier alpha value is -2.36. The van der Waals surface area contributed by atoms with Gasteiger partial charge in [0, 0.05) is 16.9 Å². The topological polar surface area (TPSA) is 48.3 Å². The minimum Gasteiger partial charge on any atom is -0.461 e. The van der Waals surface area contributed by atoms with Gasteiger partial charge in [0.1, 0.15) is 5.69 Å². The van der Waals surface area contributed by atoms with Crippen LogP contribution >= 0.6 is 0 Å². The summed E-state index contributed by atoms with van der Waals surface area (Å²) in [5.74, 6) is -0.428. The lowest BCUT2D eigenvalue weighted by molar-refractivity contribution is 0.0517. The monoisotopic (exact) mass is 257 g/mol. The number of aldehydes is 1. The average molecular weight is 257 g/mol. The van der Waals surface area contributed by atoms with Crippen molar-refractivity contribution < 1.29 is 14.3 Å². The van der Waals surface area contributed by atoms with Gasteiger partial charge in [0.15, 0.2) is 6.29 Å². The molecule has 0 amide bonds. The summed E-state index contributed by atoms with van der Waals surface area (Å²) in [5, 5.41) is 0. The molecule has 2 rings (SSSR count). The molecule has 0 saturated carbocycles. The zero-order valence-electron chi connectivity index (χ0n) is 10.9. The van der Waals surface area contributed by atoms with Crippen molar-refractivity contribution in [3.8, 4) is 5.69 Å². The summed E-state index contributed by atoms with van der Waals surface area (Å²) in [7, 11) is 0. The highest BCUT2D eigenvalue weighted by molar-refractivity contribution is 5.92. The van der Waals surface area contributed by atoms with Gasteiger partial charge in [-0.25, -0.2) is 4.79 Å². The molecular weight excluding hydrogens is 242 g/mol. The van der Waals surface area contributed by atoms with Crippen molar-refractivity contribution in [1.82, 2.24) is 4.57 Å². The molecule has 0 atom stereocenters. The van der Waals surface area contributed by atoms with Crippen LogP contribution in [0.4, 0.5) is 0 Å². The Bertz CT molecular complexity index is 599. The molecule has 0 aliphatic heterocycles. The smallest absolute Gasteiger partial charge is 0.355 e. The lowest BCUT2D eigenvalue weighted by atomic mass is 10.2. The minimum atomic E-state index is -0.428. The molecule has 0 radical (unpaired) electrons. The molecule has 1 aromatic carbocycles. The summed E-state index contributed by atoms with van der Waals surface area (Å²) in [6, 6.07) is 11.0. The number of hydrogen-bond donors (Lipinski definition) is 0. The predicted octanol–water partition coefficient (Wildman–Crippen LogP) is 2.77. The van der Waals surface area contributed by atoms with E-state index in [0.717, 1.165) is 17.7 Å². The number of hydrogen-bond acceptors (Lipinski definition) is 3. The fourth-order valence-electron chi connectivity index (χ4n) is 2.01. The minimum absolute atomic E-state index is 0.300. The van der Waals surface area contributed by atoms with Crippen LogP contribution in [0.2, 0.25) is 0 Å². The van der Waals surface area contributed by atoms with Crippen LogP contribution in [0.25, 0.3) is 5.69 Å². The van der Waals surface area contributed by atoms with E-state index in [1.807, 2.05) is 30.3 Å². The van der Waals surface area contributed by atoms with Crippen LogP contribution in [0, 0.1) is 6.92 Å². The van der Waals surface area contributed by atoms with Crippen molar-refractivity contribution in [2.24, 2.45) is 0 Å². The van der Waals surface area contributed by atoms with Gasteiger partial charge in [-0.05, 0) is 32.0 Å². The summed E-state index contributed by atoms with van der Waals surface area (Å²) in [4.78, 5) is 23.0. The fourth-order valence-corrected chi connectivity index (χ4v) is 2.01. The molecule has 1 heterocycles. The molecule has 0 aliphatic carbocycles. The molecule has 0 N–H and O–H groups in total. The van der Waals surface area contributed by atoms with Crippen LogP contribution in [0.5, 0.6) is 0 Å². The maximum Gasteiger partial charge on any atom is 0.355 e. The van der Waals surface area contributed by atoms with Crippen LogP contribution in [-0.4, -0.2) is 23.4 Å². The van der Waals surface area contributed by atoms with E-state index in [1.165, 1.54) is 0 Å². The van der Waals surface area contributed by atoms with Gasteiger partial charge in [-0.3, -0.25) is 4.79 Å². The van der Waals surface area contributed by atoms with E-state index in [0.29, 0.717) is 17.9 Å². The molecule has 0 bridgehead atoms. The van der Waals surface area contributed by atoms with Gasteiger partial charge in [-0.1, -0.05) is 18.2 Å². The Kier molecular flexibility index (Phi) is 3.80. The third-order valence-corrected chi connectivity index (χ3v) is 2.91. The molecule has 2 aromatic rings. The SMILES string of the molecule is CCOC(=O)c1cc(C=O)c(C)n1-c1ccccc1. The Balaban J connectivity index is 2.60. The van der Waals surface area contributed by atoms with Crippen molar-refractivity contribution >= 4 is 12.3 Å². The van der Waals surface area contributed by atoms with E-state index in [4.69, 9.17) is 4.74 Å². The van der Waals surface area contributed by atoms with Crippen molar-refractivity contribution in [2.45, 2.75) is 13.8 Å². The van der Waals surface area contributed by atoms with Crippen LogP contribution in [0.15, 0.2) is 36.4 Å². The molecule has 98 valence electrons. The normalized spacial score (nSPS) is 10.2. The molecule has 0 spiro atoms. The fraction of sp³-hybridized carbons (Fsp3) is 0.200. The van der Waals surface area contributed by atoms with Gasteiger partial charge in [-0.2, -0.15) is 0 Å². The van der Waals surface area contributed by atoms with Crippen LogP contribution in [0.3, 0.4) is 0 Å². The van der Waals surface area contributed by atoms with Crippen LogP contribution in [0.1, 0.15) is 33.5 Å². The highest BCUT2D eigenvalue weighted by Crippen LogP contribution is 2.20. The van der Waals surface area contributed by atoms with E-state index in [9.17, 15) is 9.59 Å². The molecular formula is C15H15NO3. The van der Waals surface area contributed by atoms with E-state index in [1.54, 1.807) is 24.5 Å². The maximum atomic E-state index is 12.0. The Morgan fingerprint density at radius 1 is 1.32 bits per heavy atom. The average Bonchev–Trinajstić information content (AvgIpc) is 2.77. The quantitative estimate of drug-likeness (QED) is 0.625. The molecule has 0 saturated heterocycles. The van der Waals surface area contributed by atoms with Crippen molar-refractivity contribution in [2.75, 3.05) is 6.61 Å². The van der Waals surface area contributed by atoms with Gasteiger partial charge >= 0.3 is 5.97 Å². The van der Waals surface area contributed by atoms with Crippen molar-refractivity contribution in [1.29, 1.82) is 0 Å². The van der Waals surface area contributed by atoms with Crippen LogP contribution in [-0.2, 0) is 4.74 Å². The third kappa shape index (κ3) is 2.42. The number of para-hydroxylation sites is 1. The van der Waals surface area contributed by atoms with E-state index < -0.39 is 5.97 Å². The molecule has 0 unspecified atom stereocenters. The summed E-state index contributed by atoms with van der Waals surface area (Å²) < 4.78 is 6.77. The highest BCUT2D eigenvalue weighted by atomic mass is 16.5. The van der Waals surface area contributed by atoms with Crippen molar-refractivity contribution in [3.05, 3.63) is 53.3 Å². The molecule has 4 heteroatoms. The predicted molar refractivity (Wildman–Crippen MR) is 71.9 cm³/mol. The lowest BCUT2D eigenvalue weighted by Crippen LogP contribution is -2.11. The standard InChI is InChI=1S/C15H15NO3/c1-3-19-15(18)14-9-12(10-17)11(2)16(14)13-7-5-4-6-8-13/h4-10H,3H2,1-2H3. The first-order valence-corrected chi connectivity index (χ1v) is 6.09. The molecule has 0 fully saturated rings. The molecule has 1 aromatic heterocycles. The largest absolute Gasteiger partial charge is 0.461 e. The van der Waals surface area contributed by atoms with Gasteiger partial charge in [0.2, 0.25) is 0 Å². The number of benzene rings is 1. The lowest BCUT2D eigenvalue weighted by Gasteiger charge is -2.10. The Morgan fingerprint density at radius 2 is 2.00 bits per heavy atom. The zero-order chi connectivity index (χ0) is 13.8. The summed E-state index contributed by atoms with van der Waals surface area (Å²) in [5.41, 5.74) is 2.42. The second-order valence-corrected chi connectivity index (χ2v) is 4.08. The van der Waals surface area contributed by atoms with E-state index in [-0.39, 0.29) is 0 Å². The van der Waals surface area contributed by atoms with Gasteiger partial charge in [-0.15, -0.1) is 0 Å². The summed E-state index contributed by atoms with van der Waals surface area (Å²) in [6.07, 6.45) is 0.748. The number of nitrogens with zero attached hydrogens (tertiary/aromatic N) is 1. The Labute approximate surface area is 111 Å². The van der Waals surface area contributed by atoms with E-state index in [2.05, 4.69) is 0 Å². The molecule has 0 aliphatic rings. The second-order valence-electron chi connectivity index (χ2n) is 4.08. The van der Waals surface area contributed by atoms with E-state index >= 15 is 0 Å². The summed E-state index contributed by atoms with van der Waals surface area (Å²) in [6.45, 7) is 3.86. The highest BCUT2D eigenvalue weighted by Gasteiger charge is 2.19. The zero-order valence-corrected chi connectivity index (χ0v) is 10.9. The van der Waals surface area contributed by atoms with Gasteiger partial charge in [0.25, 0.3) is 0 Å². The van der Waals surface area contributed by atoms with Crippen molar-refractivity contribution in [3.63, 3.8) is 0 Å². The number of rotatable bonds is 4. The third-order valence-electron chi connectivity index (χ3n) is 2.91. The first kappa shape index (κ1) is 13.1. The number of carbonyl (C=O) groups is 2. The van der Waals surface area contributed by atoms with Gasteiger partial charge in [0.05, 0.1) is 6.61 Å². The summed E-state index contributed by atoms with van der Waals surface area (Å²) >= 11 is 0. The maximum absolute atomic E-state index is 12.0. The first-order valence-electron chi connectivity index (χ1n) is 6.09. The number of esters is 1. The second kappa shape index (κ2) is 5.52. The molecule has 4 nitrogen and oxygen atoms in total. The number of aromatic nitrogens is 1. The Morgan fingerprint density at radius 3 is 2.58 bits per heavy atom. The van der Waals surface area contributed by atoms with Crippen LogP contribution < -0.4 is 0 Å². The number of ether oxygens (including phenoxy) is 1. The molecule has 19 heavy (non-hydrogen) atoms.